The predicted octanol–water partition coefficient (Wildman–Crippen LogP) is 1.97. The largest absolute Gasteiger partial charge is 0.370 e. The van der Waals surface area contributed by atoms with Crippen molar-refractivity contribution in [2.75, 3.05) is 13.7 Å². The summed E-state index contributed by atoms with van der Waals surface area (Å²) in [5.74, 6) is 1.18. The molecule has 2 unspecified atom stereocenters. The molecule has 1 rings (SSSR count). The minimum Gasteiger partial charge on any atom is -0.370 e. The van der Waals surface area contributed by atoms with Crippen molar-refractivity contribution in [3.63, 3.8) is 0 Å². The molecule has 1 aromatic heterocycles. The van der Waals surface area contributed by atoms with E-state index in [-0.39, 0.29) is 5.41 Å². The molecular weight excluding hydrogens is 218 g/mol. The lowest BCUT2D eigenvalue weighted by Crippen LogP contribution is -2.32. The van der Waals surface area contributed by atoms with Crippen molar-refractivity contribution in [1.29, 1.82) is 0 Å². The van der Waals surface area contributed by atoms with Crippen LogP contribution in [0.4, 0.5) is 0 Å². The van der Waals surface area contributed by atoms with Crippen LogP contribution in [0.1, 0.15) is 52.3 Å². The van der Waals surface area contributed by atoms with Crippen LogP contribution >= 0.6 is 0 Å². The van der Waals surface area contributed by atoms with Gasteiger partial charge in [0.15, 0.2) is 0 Å². The van der Waals surface area contributed by atoms with Gasteiger partial charge in [0.05, 0.1) is 5.41 Å². The molecule has 0 spiro atoms. The standard InChI is InChI=1S/C12H23N3O2/c1-6-11(3,8-13)10-14-9(15-17-10)12(4,7-2)16-5/h6-8,13H2,1-5H3. The third-order valence-electron chi connectivity index (χ3n) is 3.77. The molecule has 5 nitrogen and oxygen atoms in total. The Kier molecular flexibility index (Phi) is 4.27. The zero-order valence-electron chi connectivity index (χ0n) is 11.4. The van der Waals surface area contributed by atoms with Gasteiger partial charge >= 0.3 is 0 Å². The van der Waals surface area contributed by atoms with Gasteiger partial charge < -0.3 is 15.0 Å². The minimum absolute atomic E-state index is 0.256. The smallest absolute Gasteiger partial charge is 0.233 e. The Balaban J connectivity index is 3.07. The van der Waals surface area contributed by atoms with E-state index in [9.17, 15) is 0 Å². The lowest BCUT2D eigenvalue weighted by molar-refractivity contribution is -0.0106. The van der Waals surface area contributed by atoms with E-state index in [4.69, 9.17) is 15.0 Å². The first-order chi connectivity index (χ1) is 7.95. The second-order valence-corrected chi connectivity index (χ2v) is 4.83. The normalized spacial score (nSPS) is 18.7. The van der Waals surface area contributed by atoms with Crippen LogP contribution in [0, 0.1) is 0 Å². The van der Waals surface area contributed by atoms with Gasteiger partial charge in [0, 0.05) is 13.7 Å². The van der Waals surface area contributed by atoms with Crippen LogP contribution in [0.5, 0.6) is 0 Å². The molecule has 5 heteroatoms. The lowest BCUT2D eigenvalue weighted by atomic mass is 9.87. The van der Waals surface area contributed by atoms with Crippen LogP contribution in [-0.4, -0.2) is 23.8 Å². The van der Waals surface area contributed by atoms with Gasteiger partial charge in [0.2, 0.25) is 11.7 Å². The minimum atomic E-state index is -0.495. The number of hydrogen-bond acceptors (Lipinski definition) is 5. The Morgan fingerprint density at radius 3 is 2.35 bits per heavy atom. The summed E-state index contributed by atoms with van der Waals surface area (Å²) in [6, 6.07) is 0. The molecule has 98 valence electrons. The fraction of sp³-hybridized carbons (Fsp3) is 0.833. The molecule has 17 heavy (non-hydrogen) atoms. The average Bonchev–Trinajstić information content (AvgIpc) is 2.87. The van der Waals surface area contributed by atoms with E-state index in [1.807, 2.05) is 20.8 Å². The van der Waals surface area contributed by atoms with E-state index in [0.29, 0.717) is 18.3 Å². The molecule has 0 aromatic carbocycles. The van der Waals surface area contributed by atoms with Crippen LogP contribution in [0.2, 0.25) is 0 Å². The number of ether oxygens (including phenoxy) is 1. The number of aromatic nitrogens is 2. The van der Waals surface area contributed by atoms with Gasteiger partial charge in [0.25, 0.3) is 0 Å². The molecule has 2 atom stereocenters. The SMILES string of the molecule is CCC(C)(CN)c1nc(C(C)(CC)OC)no1. The summed E-state index contributed by atoms with van der Waals surface area (Å²) in [6.45, 7) is 8.56. The maximum Gasteiger partial charge on any atom is 0.233 e. The third kappa shape index (κ3) is 2.50. The molecule has 0 aliphatic heterocycles. The quantitative estimate of drug-likeness (QED) is 0.824. The number of nitrogens with two attached hydrogens (primary N) is 1. The molecule has 1 heterocycles. The molecule has 0 saturated carbocycles. The molecule has 0 aliphatic rings. The zero-order chi connectivity index (χ0) is 13.1. The second-order valence-electron chi connectivity index (χ2n) is 4.83. The Morgan fingerprint density at radius 1 is 1.29 bits per heavy atom. The first-order valence-electron chi connectivity index (χ1n) is 6.05. The Bertz CT molecular complexity index is 322. The van der Waals surface area contributed by atoms with Gasteiger partial charge in [-0.2, -0.15) is 4.98 Å². The van der Waals surface area contributed by atoms with Crippen molar-refractivity contribution < 1.29 is 9.26 Å². The molecule has 0 aliphatic carbocycles. The van der Waals surface area contributed by atoms with Gasteiger partial charge in [-0.25, -0.2) is 0 Å². The van der Waals surface area contributed by atoms with Crippen molar-refractivity contribution in [2.45, 2.75) is 51.6 Å². The van der Waals surface area contributed by atoms with Crippen molar-refractivity contribution in [3.05, 3.63) is 11.7 Å². The van der Waals surface area contributed by atoms with E-state index >= 15 is 0 Å². The fourth-order valence-corrected chi connectivity index (χ4v) is 1.46. The molecule has 2 N–H and O–H groups in total. The molecule has 0 amide bonds. The maximum absolute atomic E-state index is 5.77. The van der Waals surface area contributed by atoms with Gasteiger partial charge in [-0.15, -0.1) is 0 Å². The fourth-order valence-electron chi connectivity index (χ4n) is 1.46. The van der Waals surface area contributed by atoms with Crippen molar-refractivity contribution >= 4 is 0 Å². The highest BCUT2D eigenvalue weighted by Crippen LogP contribution is 2.30. The highest BCUT2D eigenvalue weighted by atomic mass is 16.5. The first kappa shape index (κ1) is 14.1. The molecule has 0 saturated heterocycles. The first-order valence-corrected chi connectivity index (χ1v) is 6.05. The van der Waals surface area contributed by atoms with E-state index in [0.717, 1.165) is 12.8 Å². The molecular formula is C12H23N3O2. The van der Waals surface area contributed by atoms with Gasteiger partial charge in [-0.3, -0.25) is 0 Å². The predicted molar refractivity (Wildman–Crippen MR) is 65.6 cm³/mol. The summed E-state index contributed by atoms with van der Waals surface area (Å²) >= 11 is 0. The van der Waals surface area contributed by atoms with Crippen LogP contribution in [0.25, 0.3) is 0 Å². The highest BCUT2D eigenvalue weighted by Gasteiger charge is 2.35. The number of rotatable bonds is 6. The lowest BCUT2D eigenvalue weighted by Gasteiger charge is -2.23. The Labute approximate surface area is 103 Å². The second kappa shape index (κ2) is 5.14. The molecule has 1 aromatic rings. The van der Waals surface area contributed by atoms with E-state index < -0.39 is 5.60 Å². The Hall–Kier alpha value is -0.940. The van der Waals surface area contributed by atoms with Crippen LogP contribution in [-0.2, 0) is 15.8 Å². The van der Waals surface area contributed by atoms with Gasteiger partial charge in [-0.05, 0) is 26.7 Å². The summed E-state index contributed by atoms with van der Waals surface area (Å²) in [4.78, 5) is 4.46. The molecule has 0 bridgehead atoms. The number of nitrogens with zero attached hydrogens (tertiary/aromatic N) is 2. The molecule has 0 fully saturated rings. The summed E-state index contributed by atoms with van der Waals surface area (Å²) in [5.41, 5.74) is 5.02. The highest BCUT2D eigenvalue weighted by molar-refractivity contribution is 5.07. The van der Waals surface area contributed by atoms with Crippen molar-refractivity contribution in [3.8, 4) is 0 Å². The van der Waals surface area contributed by atoms with Gasteiger partial charge in [-0.1, -0.05) is 19.0 Å². The Morgan fingerprint density at radius 2 is 1.94 bits per heavy atom. The molecule has 0 radical (unpaired) electrons. The maximum atomic E-state index is 5.77. The third-order valence-corrected chi connectivity index (χ3v) is 3.77. The zero-order valence-corrected chi connectivity index (χ0v) is 11.4. The topological polar surface area (TPSA) is 74.2 Å². The summed E-state index contributed by atoms with van der Waals surface area (Å²) in [7, 11) is 1.65. The number of methoxy groups -OCH3 is 1. The van der Waals surface area contributed by atoms with Crippen molar-refractivity contribution in [2.24, 2.45) is 5.73 Å². The van der Waals surface area contributed by atoms with Crippen LogP contribution in [0.3, 0.4) is 0 Å². The number of hydrogen-bond donors (Lipinski definition) is 1. The summed E-state index contributed by atoms with van der Waals surface area (Å²) in [5, 5.41) is 4.03. The van der Waals surface area contributed by atoms with Crippen molar-refractivity contribution in [1.82, 2.24) is 10.1 Å². The summed E-state index contributed by atoms with van der Waals surface area (Å²) < 4.78 is 10.8. The monoisotopic (exact) mass is 241 g/mol. The van der Waals surface area contributed by atoms with E-state index in [2.05, 4.69) is 17.1 Å². The average molecular weight is 241 g/mol. The summed E-state index contributed by atoms with van der Waals surface area (Å²) in [6.07, 6.45) is 1.65. The van der Waals surface area contributed by atoms with Crippen LogP contribution < -0.4 is 5.73 Å². The van der Waals surface area contributed by atoms with E-state index in [1.54, 1.807) is 7.11 Å². The van der Waals surface area contributed by atoms with E-state index in [1.165, 1.54) is 0 Å². The van der Waals surface area contributed by atoms with Crippen LogP contribution in [0.15, 0.2) is 4.52 Å². The van der Waals surface area contributed by atoms with Gasteiger partial charge in [0.1, 0.15) is 5.60 Å².